The van der Waals surface area contributed by atoms with Crippen LogP contribution in [0.15, 0.2) is 0 Å². The Hall–Kier alpha value is 0.730. The van der Waals surface area contributed by atoms with Crippen molar-refractivity contribution >= 4 is 27.5 Å². The maximum atomic E-state index is 5.80. The molecule has 3 heteroatoms. The molecule has 0 radical (unpaired) electrons. The predicted molar refractivity (Wildman–Crippen MR) is 58.4 cm³/mol. The summed E-state index contributed by atoms with van der Waals surface area (Å²) in [5.74, 6) is 0.534. The van der Waals surface area contributed by atoms with Crippen LogP contribution in [-0.4, -0.2) is 22.9 Å². The van der Waals surface area contributed by atoms with Crippen molar-refractivity contribution in [2.75, 3.05) is 11.2 Å². The van der Waals surface area contributed by atoms with E-state index in [9.17, 15) is 0 Å². The summed E-state index contributed by atoms with van der Waals surface area (Å²) in [7, 11) is 0. The van der Waals surface area contributed by atoms with Crippen LogP contribution in [-0.2, 0) is 4.74 Å². The van der Waals surface area contributed by atoms with Gasteiger partial charge in [-0.25, -0.2) is 0 Å². The van der Waals surface area contributed by atoms with E-state index >= 15 is 0 Å². The zero-order chi connectivity index (χ0) is 9.61. The zero-order valence-corrected chi connectivity index (χ0v) is 10.4. The predicted octanol–water partition coefficient (Wildman–Crippen LogP) is 3.58. The summed E-state index contributed by atoms with van der Waals surface area (Å²) in [5.41, 5.74) is -0.212. The minimum atomic E-state index is -0.212. The average molecular weight is 258 g/mol. The third-order valence-electron chi connectivity index (χ3n) is 1.75. The third kappa shape index (κ3) is 4.68. The normalized spacial score (nSPS) is 18.8. The van der Waals surface area contributed by atoms with E-state index in [2.05, 4.69) is 29.8 Å². The molecule has 0 aliphatic rings. The molecule has 12 heavy (non-hydrogen) atoms. The lowest BCUT2D eigenvalue weighted by Crippen LogP contribution is -2.36. The summed E-state index contributed by atoms with van der Waals surface area (Å²) in [6.45, 7) is 6.28. The van der Waals surface area contributed by atoms with Crippen LogP contribution in [0.4, 0.5) is 0 Å². The van der Waals surface area contributed by atoms with Gasteiger partial charge in [0.15, 0.2) is 0 Å². The van der Waals surface area contributed by atoms with Crippen molar-refractivity contribution in [2.45, 2.75) is 45.3 Å². The minimum absolute atomic E-state index is 0.212. The molecule has 0 amide bonds. The van der Waals surface area contributed by atoms with E-state index in [-0.39, 0.29) is 5.60 Å². The van der Waals surface area contributed by atoms with Gasteiger partial charge in [-0.2, -0.15) is 0 Å². The van der Waals surface area contributed by atoms with Crippen LogP contribution in [0.1, 0.15) is 33.6 Å². The standard InChI is InChI=1S/C9H18BrClO/c1-4-5-8(2)12-9(3,6-10)7-11/h8H,4-7H2,1-3H3. The average Bonchev–Trinajstić information content (AvgIpc) is 2.05. The van der Waals surface area contributed by atoms with Crippen LogP contribution in [0.5, 0.6) is 0 Å². The molecule has 0 rings (SSSR count). The summed E-state index contributed by atoms with van der Waals surface area (Å²) in [6, 6.07) is 0. The molecule has 74 valence electrons. The highest BCUT2D eigenvalue weighted by Crippen LogP contribution is 2.19. The van der Waals surface area contributed by atoms with Crippen molar-refractivity contribution in [2.24, 2.45) is 0 Å². The van der Waals surface area contributed by atoms with Gasteiger partial charge in [0, 0.05) is 5.33 Å². The van der Waals surface area contributed by atoms with Crippen molar-refractivity contribution in [1.82, 2.24) is 0 Å². The Morgan fingerprint density at radius 3 is 2.50 bits per heavy atom. The van der Waals surface area contributed by atoms with Crippen molar-refractivity contribution in [3.05, 3.63) is 0 Å². The Bertz CT molecular complexity index is 115. The number of ether oxygens (including phenoxy) is 1. The Kier molecular flexibility index (Phi) is 6.60. The molecule has 0 aromatic carbocycles. The van der Waals surface area contributed by atoms with Gasteiger partial charge in [0.1, 0.15) is 0 Å². The SMILES string of the molecule is CCCC(C)OC(C)(CCl)CBr. The van der Waals surface area contributed by atoms with E-state index in [1.54, 1.807) is 0 Å². The molecule has 0 fully saturated rings. The van der Waals surface area contributed by atoms with Crippen LogP contribution in [0, 0.1) is 0 Å². The lowest BCUT2D eigenvalue weighted by molar-refractivity contribution is -0.0481. The van der Waals surface area contributed by atoms with Crippen LogP contribution in [0.3, 0.4) is 0 Å². The first-order chi connectivity index (χ1) is 5.58. The Morgan fingerprint density at radius 2 is 2.17 bits per heavy atom. The first-order valence-corrected chi connectivity index (χ1v) is 6.03. The molecule has 0 bridgehead atoms. The molecule has 2 atom stereocenters. The number of hydrogen-bond acceptors (Lipinski definition) is 1. The first kappa shape index (κ1) is 12.7. The highest BCUT2D eigenvalue weighted by atomic mass is 79.9. The van der Waals surface area contributed by atoms with Gasteiger partial charge < -0.3 is 4.74 Å². The van der Waals surface area contributed by atoms with Gasteiger partial charge in [0.05, 0.1) is 17.6 Å². The van der Waals surface area contributed by atoms with Crippen molar-refractivity contribution in [1.29, 1.82) is 0 Å². The van der Waals surface area contributed by atoms with Crippen molar-refractivity contribution in [3.63, 3.8) is 0 Å². The second kappa shape index (κ2) is 6.22. The van der Waals surface area contributed by atoms with Gasteiger partial charge in [-0.3, -0.25) is 0 Å². The van der Waals surface area contributed by atoms with E-state index in [4.69, 9.17) is 16.3 Å². The second-order valence-electron chi connectivity index (χ2n) is 3.43. The molecule has 0 heterocycles. The van der Waals surface area contributed by atoms with Crippen molar-refractivity contribution < 1.29 is 4.74 Å². The molecule has 0 aromatic heterocycles. The largest absolute Gasteiger partial charge is 0.370 e. The lowest BCUT2D eigenvalue weighted by atomic mass is 10.1. The van der Waals surface area contributed by atoms with Crippen LogP contribution < -0.4 is 0 Å². The summed E-state index contributed by atoms with van der Waals surface area (Å²) >= 11 is 9.20. The topological polar surface area (TPSA) is 9.23 Å². The Morgan fingerprint density at radius 1 is 1.58 bits per heavy atom. The maximum Gasteiger partial charge on any atom is 0.0889 e. The summed E-state index contributed by atoms with van der Waals surface area (Å²) in [4.78, 5) is 0. The zero-order valence-electron chi connectivity index (χ0n) is 8.07. The van der Waals surface area contributed by atoms with Gasteiger partial charge in [0.25, 0.3) is 0 Å². The maximum absolute atomic E-state index is 5.80. The molecule has 0 spiro atoms. The molecular formula is C9H18BrClO. The smallest absolute Gasteiger partial charge is 0.0889 e. The fourth-order valence-electron chi connectivity index (χ4n) is 1.05. The fraction of sp³-hybridized carbons (Fsp3) is 1.00. The highest BCUT2D eigenvalue weighted by molar-refractivity contribution is 9.09. The van der Waals surface area contributed by atoms with Crippen LogP contribution in [0.2, 0.25) is 0 Å². The van der Waals surface area contributed by atoms with E-state index in [1.165, 1.54) is 0 Å². The molecule has 0 saturated carbocycles. The Labute approximate surface area is 88.9 Å². The molecular weight excluding hydrogens is 239 g/mol. The Balaban J connectivity index is 3.84. The van der Waals surface area contributed by atoms with Crippen LogP contribution in [0.25, 0.3) is 0 Å². The van der Waals surface area contributed by atoms with E-state index in [1.807, 2.05) is 6.92 Å². The molecule has 2 unspecified atom stereocenters. The lowest BCUT2D eigenvalue weighted by Gasteiger charge is -2.29. The number of alkyl halides is 2. The third-order valence-corrected chi connectivity index (χ3v) is 3.50. The fourth-order valence-corrected chi connectivity index (χ4v) is 1.77. The summed E-state index contributed by atoms with van der Waals surface area (Å²) in [6.07, 6.45) is 2.55. The minimum Gasteiger partial charge on any atom is -0.370 e. The molecule has 1 nitrogen and oxygen atoms in total. The first-order valence-electron chi connectivity index (χ1n) is 4.37. The summed E-state index contributed by atoms with van der Waals surface area (Å²) < 4.78 is 5.80. The molecule has 0 aromatic rings. The molecule has 0 aliphatic carbocycles. The van der Waals surface area contributed by atoms with Crippen molar-refractivity contribution in [3.8, 4) is 0 Å². The highest BCUT2D eigenvalue weighted by Gasteiger charge is 2.24. The van der Waals surface area contributed by atoms with Crippen LogP contribution >= 0.6 is 27.5 Å². The van der Waals surface area contributed by atoms with E-state index < -0.39 is 0 Å². The number of rotatable bonds is 6. The number of halogens is 2. The van der Waals surface area contributed by atoms with Gasteiger partial charge in [-0.1, -0.05) is 29.3 Å². The molecule has 0 aliphatic heterocycles. The summed E-state index contributed by atoms with van der Waals surface area (Å²) in [5, 5.41) is 0.789. The second-order valence-corrected chi connectivity index (χ2v) is 4.26. The monoisotopic (exact) mass is 256 g/mol. The number of hydrogen-bond donors (Lipinski definition) is 0. The quantitative estimate of drug-likeness (QED) is 0.661. The molecule has 0 saturated heterocycles. The van der Waals surface area contributed by atoms with E-state index in [0.717, 1.165) is 18.2 Å². The van der Waals surface area contributed by atoms with Gasteiger partial charge in [0.2, 0.25) is 0 Å². The van der Waals surface area contributed by atoms with E-state index in [0.29, 0.717) is 12.0 Å². The van der Waals surface area contributed by atoms with Gasteiger partial charge in [-0.15, -0.1) is 11.6 Å². The van der Waals surface area contributed by atoms with Gasteiger partial charge in [-0.05, 0) is 20.3 Å². The molecule has 0 N–H and O–H groups in total. The van der Waals surface area contributed by atoms with Gasteiger partial charge >= 0.3 is 0 Å².